The van der Waals surface area contributed by atoms with Gasteiger partial charge >= 0.3 is 5.97 Å². The number of carboxylic acid groups (broad SMARTS) is 1. The van der Waals surface area contributed by atoms with E-state index in [2.05, 4.69) is 5.32 Å². The van der Waals surface area contributed by atoms with Crippen LogP contribution in [0.3, 0.4) is 0 Å². The Morgan fingerprint density at radius 1 is 1.27 bits per heavy atom. The number of carbonyl (C=O) groups is 1. The van der Waals surface area contributed by atoms with E-state index in [1.165, 1.54) is 26.1 Å². The first kappa shape index (κ1) is 11.3. The molecule has 5 nitrogen and oxygen atoms in total. The van der Waals surface area contributed by atoms with E-state index >= 15 is 0 Å². The number of rotatable bonds is 3. The smallest absolute Gasteiger partial charge is 0.328 e. The highest BCUT2D eigenvalue weighted by atomic mass is 16.4. The highest BCUT2D eigenvalue weighted by Crippen LogP contribution is 2.28. The number of aliphatic carboxylic acids is 1. The number of hydrogen-bond acceptors (Lipinski definition) is 4. The number of nitrogens with one attached hydrogen (secondary N) is 1. The van der Waals surface area contributed by atoms with Crippen molar-refractivity contribution in [2.45, 2.75) is 12.5 Å². The van der Waals surface area contributed by atoms with Crippen molar-refractivity contribution >= 4 is 5.97 Å². The Hall–Kier alpha value is -1.75. The Balaban J connectivity index is 3.29. The van der Waals surface area contributed by atoms with Crippen LogP contribution in [0.1, 0.15) is 12.5 Å². The van der Waals surface area contributed by atoms with Gasteiger partial charge in [-0.05, 0) is 31.7 Å². The molecular formula is C10H13NO4. The van der Waals surface area contributed by atoms with Gasteiger partial charge in [-0.2, -0.15) is 0 Å². The van der Waals surface area contributed by atoms with Crippen LogP contribution in [0.5, 0.6) is 11.5 Å². The van der Waals surface area contributed by atoms with E-state index in [4.69, 9.17) is 5.11 Å². The molecule has 0 fully saturated rings. The van der Waals surface area contributed by atoms with E-state index in [-0.39, 0.29) is 17.1 Å². The summed E-state index contributed by atoms with van der Waals surface area (Å²) in [5.74, 6) is -1.43. The van der Waals surface area contributed by atoms with E-state index in [9.17, 15) is 15.0 Å². The fraction of sp³-hybridized carbons (Fsp3) is 0.300. The van der Waals surface area contributed by atoms with Crippen molar-refractivity contribution in [2.75, 3.05) is 7.05 Å². The van der Waals surface area contributed by atoms with Crippen LogP contribution in [0.15, 0.2) is 18.2 Å². The second-order valence-electron chi connectivity index (χ2n) is 3.42. The third-order valence-electron chi connectivity index (χ3n) is 2.41. The lowest BCUT2D eigenvalue weighted by Crippen LogP contribution is -2.44. The van der Waals surface area contributed by atoms with Gasteiger partial charge in [-0.1, -0.05) is 0 Å². The zero-order chi connectivity index (χ0) is 11.6. The maximum atomic E-state index is 11.0. The number of phenols is 2. The Kier molecular flexibility index (Phi) is 2.85. The van der Waals surface area contributed by atoms with E-state index in [0.717, 1.165) is 6.07 Å². The lowest BCUT2D eigenvalue weighted by molar-refractivity contribution is -0.144. The molecule has 1 unspecified atom stereocenters. The van der Waals surface area contributed by atoms with Gasteiger partial charge in [-0.3, -0.25) is 0 Å². The molecule has 1 aromatic rings. The summed E-state index contributed by atoms with van der Waals surface area (Å²) in [4.78, 5) is 11.0. The van der Waals surface area contributed by atoms with Gasteiger partial charge in [0.2, 0.25) is 0 Å². The molecule has 0 bridgehead atoms. The van der Waals surface area contributed by atoms with Crippen LogP contribution < -0.4 is 5.32 Å². The zero-order valence-corrected chi connectivity index (χ0v) is 8.48. The van der Waals surface area contributed by atoms with E-state index in [1.807, 2.05) is 0 Å². The van der Waals surface area contributed by atoms with Crippen molar-refractivity contribution in [1.29, 1.82) is 0 Å². The average Bonchev–Trinajstić information content (AvgIpc) is 2.14. The highest BCUT2D eigenvalue weighted by molar-refractivity contribution is 5.80. The predicted molar refractivity (Wildman–Crippen MR) is 53.8 cm³/mol. The Morgan fingerprint density at radius 3 is 2.07 bits per heavy atom. The van der Waals surface area contributed by atoms with Crippen LogP contribution in [0.2, 0.25) is 0 Å². The standard InChI is InChI=1S/C10H13NO4/c1-10(11-2,9(14)15)6-3-7(12)5-8(13)4-6/h3-5,11-13H,1-2H3,(H,14,15). The summed E-state index contributed by atoms with van der Waals surface area (Å²) in [6, 6.07) is 3.73. The van der Waals surface area contributed by atoms with Gasteiger partial charge in [0.15, 0.2) is 0 Å². The molecule has 0 aliphatic rings. The number of benzene rings is 1. The summed E-state index contributed by atoms with van der Waals surface area (Å²) in [6.07, 6.45) is 0. The predicted octanol–water partition coefficient (Wildman–Crippen LogP) is 0.617. The molecule has 0 saturated carbocycles. The van der Waals surface area contributed by atoms with Gasteiger partial charge < -0.3 is 20.6 Å². The summed E-state index contributed by atoms with van der Waals surface area (Å²) in [7, 11) is 1.50. The van der Waals surface area contributed by atoms with Crippen LogP contribution >= 0.6 is 0 Å². The van der Waals surface area contributed by atoms with Gasteiger partial charge in [0.25, 0.3) is 0 Å². The van der Waals surface area contributed by atoms with Gasteiger partial charge in [0.1, 0.15) is 17.0 Å². The zero-order valence-electron chi connectivity index (χ0n) is 8.48. The minimum atomic E-state index is -1.34. The molecule has 0 aromatic heterocycles. The fourth-order valence-corrected chi connectivity index (χ4v) is 1.26. The molecule has 0 aliphatic heterocycles. The third-order valence-corrected chi connectivity index (χ3v) is 2.41. The quantitative estimate of drug-likeness (QED) is 0.588. The number of phenolic OH excluding ortho intramolecular Hbond substituents is 2. The lowest BCUT2D eigenvalue weighted by atomic mass is 9.92. The Morgan fingerprint density at radius 2 is 1.73 bits per heavy atom. The van der Waals surface area contributed by atoms with Crippen LogP contribution in [0.4, 0.5) is 0 Å². The maximum Gasteiger partial charge on any atom is 0.328 e. The van der Waals surface area contributed by atoms with Crippen molar-refractivity contribution in [2.24, 2.45) is 0 Å². The fourth-order valence-electron chi connectivity index (χ4n) is 1.26. The van der Waals surface area contributed by atoms with Crippen molar-refractivity contribution in [3.05, 3.63) is 23.8 Å². The van der Waals surface area contributed by atoms with E-state index < -0.39 is 11.5 Å². The third kappa shape index (κ3) is 2.02. The number of aromatic hydroxyl groups is 2. The molecule has 15 heavy (non-hydrogen) atoms. The van der Waals surface area contributed by atoms with Crippen LogP contribution in [0.25, 0.3) is 0 Å². The molecule has 0 amide bonds. The first-order valence-corrected chi connectivity index (χ1v) is 4.36. The topological polar surface area (TPSA) is 89.8 Å². The maximum absolute atomic E-state index is 11.0. The van der Waals surface area contributed by atoms with E-state index in [1.54, 1.807) is 0 Å². The summed E-state index contributed by atoms with van der Waals surface area (Å²) in [5, 5.41) is 30.2. The van der Waals surface area contributed by atoms with Gasteiger partial charge in [0, 0.05) is 6.07 Å². The van der Waals surface area contributed by atoms with Crippen molar-refractivity contribution < 1.29 is 20.1 Å². The van der Waals surface area contributed by atoms with Crippen LogP contribution in [-0.2, 0) is 10.3 Å². The molecule has 0 aliphatic carbocycles. The summed E-state index contributed by atoms with van der Waals surface area (Å²) >= 11 is 0. The van der Waals surface area contributed by atoms with Crippen molar-refractivity contribution in [1.82, 2.24) is 5.32 Å². The minimum Gasteiger partial charge on any atom is -0.508 e. The molecule has 0 radical (unpaired) electrons. The molecular weight excluding hydrogens is 198 g/mol. The first-order chi connectivity index (χ1) is 6.90. The molecule has 1 aromatic carbocycles. The second kappa shape index (κ2) is 3.78. The molecule has 5 heteroatoms. The number of likely N-dealkylation sites (N-methyl/N-ethyl adjacent to an activating group) is 1. The van der Waals surface area contributed by atoms with Crippen molar-refractivity contribution in [3.8, 4) is 11.5 Å². The van der Waals surface area contributed by atoms with Crippen LogP contribution in [0, 0.1) is 0 Å². The summed E-state index contributed by atoms with van der Waals surface area (Å²) in [5.41, 5.74) is -1.05. The molecule has 1 rings (SSSR count). The molecule has 0 heterocycles. The van der Waals surface area contributed by atoms with Gasteiger partial charge in [-0.25, -0.2) is 4.79 Å². The molecule has 4 N–H and O–H groups in total. The SMILES string of the molecule is CNC(C)(C(=O)O)c1cc(O)cc(O)c1. The monoisotopic (exact) mass is 211 g/mol. The van der Waals surface area contributed by atoms with Gasteiger partial charge in [0.05, 0.1) is 0 Å². The highest BCUT2D eigenvalue weighted by Gasteiger charge is 2.33. The van der Waals surface area contributed by atoms with Gasteiger partial charge in [-0.15, -0.1) is 0 Å². The molecule has 82 valence electrons. The lowest BCUT2D eigenvalue weighted by Gasteiger charge is -2.24. The largest absolute Gasteiger partial charge is 0.508 e. The second-order valence-corrected chi connectivity index (χ2v) is 3.42. The molecule has 0 spiro atoms. The Labute approximate surface area is 87.0 Å². The summed E-state index contributed by atoms with van der Waals surface area (Å²) in [6.45, 7) is 1.45. The minimum absolute atomic E-state index is 0.173. The van der Waals surface area contributed by atoms with Crippen molar-refractivity contribution in [3.63, 3.8) is 0 Å². The number of hydrogen-bond donors (Lipinski definition) is 4. The van der Waals surface area contributed by atoms with E-state index in [0.29, 0.717) is 0 Å². The first-order valence-electron chi connectivity index (χ1n) is 4.36. The molecule has 1 atom stereocenters. The van der Waals surface area contributed by atoms with Crippen LogP contribution in [-0.4, -0.2) is 28.3 Å². The number of carboxylic acids is 1. The average molecular weight is 211 g/mol. The molecule has 0 saturated heterocycles. The normalized spacial score (nSPS) is 14.5. The summed E-state index contributed by atoms with van der Waals surface area (Å²) < 4.78 is 0. The Bertz CT molecular complexity index is 371.